The molecule has 0 radical (unpaired) electrons. The van der Waals surface area contributed by atoms with Crippen LogP contribution in [0.25, 0.3) is 0 Å². The monoisotopic (exact) mass is 283 g/mol. The van der Waals surface area contributed by atoms with Crippen LogP contribution in [0, 0.1) is 0 Å². The van der Waals surface area contributed by atoms with Gasteiger partial charge in [0, 0.05) is 25.4 Å². The van der Waals surface area contributed by atoms with E-state index in [1.165, 1.54) is 0 Å². The molecule has 0 saturated heterocycles. The summed E-state index contributed by atoms with van der Waals surface area (Å²) in [5.74, 6) is 1.03. The largest absolute Gasteiger partial charge is 0.349 e. The first-order valence-electron chi connectivity index (χ1n) is 5.89. The minimum Gasteiger partial charge on any atom is -0.349 e. The predicted octanol–water partition coefficient (Wildman–Crippen LogP) is 3.44. The fraction of sp³-hybridized carbons (Fsp3) is 0.308. The molecule has 2 N–H and O–H groups in total. The average molecular weight is 284 g/mol. The first-order valence-corrected chi connectivity index (χ1v) is 6.65. The van der Waals surface area contributed by atoms with E-state index < -0.39 is 0 Å². The van der Waals surface area contributed by atoms with E-state index in [1.54, 1.807) is 12.3 Å². The summed E-state index contributed by atoms with van der Waals surface area (Å²) in [6, 6.07) is 5.69. The Morgan fingerprint density at radius 2 is 2.17 bits per heavy atom. The second kappa shape index (κ2) is 6.78. The lowest BCUT2D eigenvalue weighted by atomic mass is 10.2. The van der Waals surface area contributed by atoms with Crippen molar-refractivity contribution in [2.75, 3.05) is 6.54 Å². The molecule has 0 saturated carbocycles. The van der Waals surface area contributed by atoms with Crippen molar-refractivity contribution in [3.8, 4) is 0 Å². The Labute approximate surface area is 117 Å². The van der Waals surface area contributed by atoms with E-state index in [0.717, 1.165) is 37.3 Å². The van der Waals surface area contributed by atoms with E-state index in [2.05, 4.69) is 15.3 Å². The van der Waals surface area contributed by atoms with Crippen LogP contribution in [0.1, 0.15) is 17.8 Å². The Morgan fingerprint density at radius 3 is 2.94 bits per heavy atom. The Balaban J connectivity index is 1.70. The highest BCUT2D eigenvalue weighted by atomic mass is 35.5. The summed E-state index contributed by atoms with van der Waals surface area (Å²) in [6.45, 7) is 1.65. The fourth-order valence-electron chi connectivity index (χ4n) is 1.72. The molecule has 1 heterocycles. The van der Waals surface area contributed by atoms with Gasteiger partial charge >= 0.3 is 0 Å². The van der Waals surface area contributed by atoms with Crippen LogP contribution in [0.15, 0.2) is 30.6 Å². The number of rotatable bonds is 6. The molecule has 0 bridgehead atoms. The molecule has 0 aliphatic heterocycles. The highest BCUT2D eigenvalue weighted by molar-refractivity contribution is 6.42. The molecule has 1 aromatic carbocycles. The van der Waals surface area contributed by atoms with Gasteiger partial charge in [0.05, 0.1) is 10.0 Å². The van der Waals surface area contributed by atoms with Crippen molar-refractivity contribution in [3.05, 3.63) is 52.0 Å². The molecule has 0 fully saturated rings. The van der Waals surface area contributed by atoms with Gasteiger partial charge in [-0.1, -0.05) is 35.3 Å². The van der Waals surface area contributed by atoms with Crippen molar-refractivity contribution in [2.24, 2.45) is 0 Å². The number of aromatic nitrogens is 2. The summed E-state index contributed by atoms with van der Waals surface area (Å²) < 4.78 is 0. The zero-order valence-corrected chi connectivity index (χ0v) is 11.4. The van der Waals surface area contributed by atoms with Gasteiger partial charge < -0.3 is 10.3 Å². The number of nitrogens with one attached hydrogen (secondary N) is 2. The Hall–Kier alpha value is -1.03. The van der Waals surface area contributed by atoms with E-state index in [0.29, 0.717) is 10.0 Å². The van der Waals surface area contributed by atoms with Gasteiger partial charge in [0.15, 0.2) is 0 Å². The summed E-state index contributed by atoms with van der Waals surface area (Å²) in [4.78, 5) is 7.26. The minimum atomic E-state index is 0.603. The number of nitrogens with zero attached hydrogens (tertiary/aromatic N) is 1. The standard InChI is InChI=1S/C13H15Cl2N3/c14-11-4-1-3-10(13(11)15)9-16-6-2-5-12-17-7-8-18-12/h1,3-4,7-8,16H,2,5-6,9H2,(H,17,18). The first-order chi connectivity index (χ1) is 8.77. The number of benzene rings is 1. The quantitative estimate of drug-likeness (QED) is 0.798. The van der Waals surface area contributed by atoms with Crippen LogP contribution in [0.5, 0.6) is 0 Å². The van der Waals surface area contributed by atoms with E-state index in [9.17, 15) is 0 Å². The van der Waals surface area contributed by atoms with E-state index >= 15 is 0 Å². The van der Waals surface area contributed by atoms with Crippen LogP contribution in [0.4, 0.5) is 0 Å². The van der Waals surface area contributed by atoms with Gasteiger partial charge in [-0.2, -0.15) is 0 Å². The molecule has 2 aromatic rings. The zero-order valence-electron chi connectivity index (χ0n) is 9.92. The van der Waals surface area contributed by atoms with E-state index in [-0.39, 0.29) is 0 Å². The van der Waals surface area contributed by atoms with E-state index in [1.807, 2.05) is 18.3 Å². The summed E-state index contributed by atoms with van der Waals surface area (Å²) >= 11 is 12.0. The normalized spacial score (nSPS) is 10.8. The van der Waals surface area contributed by atoms with Crippen LogP contribution < -0.4 is 5.32 Å². The molecule has 2 rings (SSSR count). The maximum absolute atomic E-state index is 6.10. The zero-order chi connectivity index (χ0) is 12.8. The van der Waals surface area contributed by atoms with Crippen molar-refractivity contribution in [1.82, 2.24) is 15.3 Å². The average Bonchev–Trinajstić information content (AvgIpc) is 2.87. The summed E-state index contributed by atoms with van der Waals surface area (Å²) in [7, 11) is 0. The lowest BCUT2D eigenvalue weighted by molar-refractivity contribution is 0.641. The molecular formula is C13H15Cl2N3. The third-order valence-corrected chi connectivity index (χ3v) is 3.53. The van der Waals surface area contributed by atoms with Crippen LogP contribution >= 0.6 is 23.2 Å². The number of aryl methyl sites for hydroxylation is 1. The fourth-order valence-corrected chi connectivity index (χ4v) is 2.11. The van der Waals surface area contributed by atoms with Gasteiger partial charge in [-0.05, 0) is 24.6 Å². The number of aromatic amines is 1. The Morgan fingerprint density at radius 1 is 1.28 bits per heavy atom. The number of imidazole rings is 1. The number of hydrogen-bond donors (Lipinski definition) is 2. The third kappa shape index (κ3) is 3.73. The Bertz CT molecular complexity index is 483. The second-order valence-electron chi connectivity index (χ2n) is 4.03. The SMILES string of the molecule is Clc1cccc(CNCCCc2ncc[nH]2)c1Cl. The van der Waals surface area contributed by atoms with Gasteiger partial charge in [-0.25, -0.2) is 4.98 Å². The molecule has 0 atom stereocenters. The van der Waals surface area contributed by atoms with Gasteiger partial charge in [0.25, 0.3) is 0 Å². The molecule has 0 aliphatic rings. The summed E-state index contributed by atoms with van der Waals surface area (Å²) in [6.07, 6.45) is 5.60. The molecule has 96 valence electrons. The maximum Gasteiger partial charge on any atom is 0.106 e. The van der Waals surface area contributed by atoms with Crippen molar-refractivity contribution >= 4 is 23.2 Å². The first kappa shape index (κ1) is 13.4. The van der Waals surface area contributed by atoms with E-state index in [4.69, 9.17) is 23.2 Å². The molecule has 3 nitrogen and oxygen atoms in total. The smallest absolute Gasteiger partial charge is 0.106 e. The summed E-state index contributed by atoms with van der Waals surface area (Å²) in [5.41, 5.74) is 1.03. The Kier molecular flexibility index (Phi) is 5.05. The highest BCUT2D eigenvalue weighted by Gasteiger charge is 2.03. The molecule has 1 aromatic heterocycles. The molecule has 5 heteroatoms. The summed E-state index contributed by atoms with van der Waals surface area (Å²) in [5, 5.41) is 4.59. The van der Waals surface area contributed by atoms with Crippen LogP contribution in [-0.4, -0.2) is 16.5 Å². The van der Waals surface area contributed by atoms with Crippen LogP contribution in [0.2, 0.25) is 10.0 Å². The van der Waals surface area contributed by atoms with Crippen molar-refractivity contribution in [1.29, 1.82) is 0 Å². The minimum absolute atomic E-state index is 0.603. The van der Waals surface area contributed by atoms with Crippen molar-refractivity contribution in [3.63, 3.8) is 0 Å². The van der Waals surface area contributed by atoms with Gasteiger partial charge in [-0.3, -0.25) is 0 Å². The van der Waals surface area contributed by atoms with Crippen LogP contribution in [-0.2, 0) is 13.0 Å². The van der Waals surface area contributed by atoms with Gasteiger partial charge in [0.1, 0.15) is 5.82 Å². The maximum atomic E-state index is 6.10. The third-order valence-electron chi connectivity index (χ3n) is 2.67. The van der Waals surface area contributed by atoms with Crippen LogP contribution in [0.3, 0.4) is 0 Å². The molecule has 0 amide bonds. The molecule has 0 aliphatic carbocycles. The predicted molar refractivity (Wildman–Crippen MR) is 75.1 cm³/mol. The number of halogens is 2. The highest BCUT2D eigenvalue weighted by Crippen LogP contribution is 2.25. The molecule has 18 heavy (non-hydrogen) atoms. The number of H-pyrrole nitrogens is 1. The lowest BCUT2D eigenvalue weighted by Crippen LogP contribution is -2.15. The lowest BCUT2D eigenvalue weighted by Gasteiger charge is -2.07. The van der Waals surface area contributed by atoms with Crippen molar-refractivity contribution in [2.45, 2.75) is 19.4 Å². The topological polar surface area (TPSA) is 40.7 Å². The molecule has 0 unspecified atom stereocenters. The second-order valence-corrected chi connectivity index (χ2v) is 4.81. The van der Waals surface area contributed by atoms with Gasteiger partial charge in [-0.15, -0.1) is 0 Å². The molecule has 0 spiro atoms. The number of hydrogen-bond acceptors (Lipinski definition) is 2. The van der Waals surface area contributed by atoms with Crippen molar-refractivity contribution < 1.29 is 0 Å². The van der Waals surface area contributed by atoms with Gasteiger partial charge in [0.2, 0.25) is 0 Å². The molecular weight excluding hydrogens is 269 g/mol.